The molecule has 0 spiro atoms. The Morgan fingerprint density at radius 1 is 1.18 bits per heavy atom. The number of halogens is 6. The highest BCUT2D eigenvalue weighted by molar-refractivity contribution is 9.10. The number of carbonyl (C=O) groups is 2. The molecule has 1 aromatic carbocycles. The van der Waals surface area contributed by atoms with Gasteiger partial charge in [0, 0.05) is 11.1 Å². The van der Waals surface area contributed by atoms with Gasteiger partial charge in [-0.2, -0.15) is 0 Å². The maximum atomic E-state index is 10.9. The average Bonchev–Trinajstić information content (AvgIpc) is 2.58. The summed E-state index contributed by atoms with van der Waals surface area (Å²) < 4.78 is -1.08. The highest BCUT2D eigenvalue weighted by atomic mass is 79.9. The van der Waals surface area contributed by atoms with Gasteiger partial charge in [0.1, 0.15) is 3.78 Å². The molecule has 3 N–H and O–H groups in total. The molecule has 0 saturated carbocycles. The zero-order valence-electron chi connectivity index (χ0n) is 15.4. The van der Waals surface area contributed by atoms with Gasteiger partial charge in [0.15, 0.2) is 0 Å². The maximum Gasteiger partial charge on any atom is 0.252 e. The van der Waals surface area contributed by atoms with E-state index in [0.717, 1.165) is 0 Å². The van der Waals surface area contributed by atoms with Crippen LogP contribution >= 0.6 is 74.7 Å². The second-order valence-electron chi connectivity index (χ2n) is 6.34. The first-order chi connectivity index (χ1) is 12.3. The van der Waals surface area contributed by atoms with Crippen molar-refractivity contribution in [1.82, 2.24) is 5.43 Å². The molecule has 4 nitrogen and oxygen atoms in total. The molecule has 0 amide bonds. The lowest BCUT2D eigenvalue weighted by atomic mass is 10.0. The van der Waals surface area contributed by atoms with Crippen molar-refractivity contribution in [2.75, 3.05) is 0 Å². The number of hydrazine groups is 1. The lowest BCUT2D eigenvalue weighted by Crippen LogP contribution is -2.41. The van der Waals surface area contributed by atoms with E-state index < -0.39 is 20.2 Å². The van der Waals surface area contributed by atoms with Crippen LogP contribution in [0.15, 0.2) is 53.6 Å². The van der Waals surface area contributed by atoms with E-state index in [0.29, 0.717) is 10.6 Å². The van der Waals surface area contributed by atoms with Gasteiger partial charge in [-0.15, -0.1) is 12.4 Å². The van der Waals surface area contributed by atoms with Crippen LogP contribution in [0.1, 0.15) is 31.1 Å². The highest BCUT2D eigenvalue weighted by Crippen LogP contribution is 2.45. The molecule has 1 aliphatic carbocycles. The molecule has 2 unspecified atom stereocenters. The molecule has 0 radical (unpaired) electrons. The normalized spacial score (nSPS) is 20.3. The molecule has 2 rings (SSSR count). The van der Waals surface area contributed by atoms with Crippen molar-refractivity contribution < 1.29 is 9.59 Å². The van der Waals surface area contributed by atoms with Gasteiger partial charge in [-0.1, -0.05) is 81.6 Å². The van der Waals surface area contributed by atoms with E-state index in [-0.39, 0.29) is 17.9 Å². The third kappa shape index (κ3) is 11.8. The van der Waals surface area contributed by atoms with Crippen LogP contribution in [0.5, 0.6) is 0 Å². The summed E-state index contributed by atoms with van der Waals surface area (Å²) in [6, 6.07) is 8.74. The Morgan fingerprint density at radius 2 is 1.64 bits per heavy atom. The Hall–Kier alpha value is -0.110. The van der Waals surface area contributed by atoms with E-state index in [4.69, 9.17) is 52.2 Å². The molecule has 1 aromatic rings. The Labute approximate surface area is 200 Å². The number of nitrogens with two attached hydrogens (primary N) is 1. The number of nitrogens with one attached hydrogen (secondary N) is 1. The highest BCUT2D eigenvalue weighted by Gasteiger charge is 2.41. The van der Waals surface area contributed by atoms with Gasteiger partial charge in [0.25, 0.3) is 5.24 Å². The summed E-state index contributed by atoms with van der Waals surface area (Å²) in [6.07, 6.45) is 4.86. The minimum absolute atomic E-state index is 0. The number of alkyl halides is 2. The van der Waals surface area contributed by atoms with Crippen molar-refractivity contribution in [3.63, 3.8) is 0 Å². The average molecular weight is 556 g/mol. The number of hydrogen-bond acceptors (Lipinski definition) is 4. The standard InChI is InChI=1S/C7H4BrCl3O.C7H5ClO.C4H12N2.ClH/c8-7(11)4(6(10)12)2-1-3-5(7)9;8-7(9)6-4-2-1-3-5-6;1-4(2,3)6-5;/h1-4H;1-5H;6H,5H2,1-3H3;1H. The van der Waals surface area contributed by atoms with Crippen LogP contribution in [0.4, 0.5) is 0 Å². The van der Waals surface area contributed by atoms with Crippen LogP contribution in [0.3, 0.4) is 0 Å². The Morgan fingerprint density at radius 3 is 1.93 bits per heavy atom. The van der Waals surface area contributed by atoms with Gasteiger partial charge in [-0.3, -0.25) is 20.9 Å². The third-order valence-electron chi connectivity index (χ3n) is 2.93. The van der Waals surface area contributed by atoms with Gasteiger partial charge in [0.2, 0.25) is 5.24 Å². The van der Waals surface area contributed by atoms with Gasteiger partial charge >= 0.3 is 0 Å². The van der Waals surface area contributed by atoms with Crippen LogP contribution in [0.25, 0.3) is 0 Å². The van der Waals surface area contributed by atoms with Gasteiger partial charge in [-0.25, -0.2) is 0 Å². The molecule has 0 aliphatic heterocycles. The second kappa shape index (κ2) is 14.0. The molecule has 28 heavy (non-hydrogen) atoms. The van der Waals surface area contributed by atoms with E-state index in [2.05, 4.69) is 21.4 Å². The molecule has 0 bridgehead atoms. The summed E-state index contributed by atoms with van der Waals surface area (Å²) in [5, 5.41) is -0.592. The summed E-state index contributed by atoms with van der Waals surface area (Å²) in [4.78, 5) is 21.3. The Bertz CT molecular complexity index is 689. The molecule has 0 saturated heterocycles. The summed E-state index contributed by atoms with van der Waals surface area (Å²) in [6.45, 7) is 6.02. The number of benzene rings is 1. The van der Waals surface area contributed by atoms with Gasteiger partial charge in [-0.05, 0) is 50.0 Å². The Balaban J connectivity index is 0. The number of allylic oxidation sites excluding steroid dienone is 4. The van der Waals surface area contributed by atoms with E-state index in [1.807, 2.05) is 26.8 Å². The molecule has 10 heteroatoms. The van der Waals surface area contributed by atoms with E-state index in [1.54, 1.807) is 42.5 Å². The van der Waals surface area contributed by atoms with Crippen LogP contribution in [-0.2, 0) is 4.79 Å². The second-order valence-corrected chi connectivity index (χ2v) is 9.76. The topological polar surface area (TPSA) is 72.2 Å². The Kier molecular flexibility index (Phi) is 15.0. The predicted molar refractivity (Wildman–Crippen MR) is 126 cm³/mol. The van der Waals surface area contributed by atoms with Crippen LogP contribution in [-0.4, -0.2) is 19.8 Å². The molecule has 158 valence electrons. The molecule has 0 fully saturated rings. The lowest BCUT2D eigenvalue weighted by molar-refractivity contribution is -0.113. The first-order valence-corrected chi connectivity index (χ1v) is 9.97. The van der Waals surface area contributed by atoms with Crippen molar-refractivity contribution in [1.29, 1.82) is 0 Å². The summed E-state index contributed by atoms with van der Waals surface area (Å²) in [5.74, 6) is 4.43. The monoisotopic (exact) mass is 552 g/mol. The number of carbonyl (C=O) groups excluding carboxylic acids is 2. The first kappa shape index (κ1) is 30.1. The molecule has 1 aliphatic rings. The van der Waals surface area contributed by atoms with Crippen molar-refractivity contribution in [3.05, 3.63) is 59.2 Å². The fourth-order valence-corrected chi connectivity index (χ4v) is 2.89. The summed E-state index contributed by atoms with van der Waals surface area (Å²) in [5.41, 5.74) is 3.21. The quantitative estimate of drug-likeness (QED) is 0.200. The van der Waals surface area contributed by atoms with Crippen molar-refractivity contribution >= 4 is 85.2 Å². The largest absolute Gasteiger partial charge is 0.281 e. The minimum atomic E-state index is -1.08. The van der Waals surface area contributed by atoms with Crippen molar-refractivity contribution in [2.45, 2.75) is 30.1 Å². The van der Waals surface area contributed by atoms with E-state index in [9.17, 15) is 9.59 Å². The predicted octanol–water partition coefficient (Wildman–Crippen LogP) is 6.13. The zero-order chi connectivity index (χ0) is 21.3. The van der Waals surface area contributed by atoms with Gasteiger partial charge in [0.05, 0.1) is 11.0 Å². The summed E-state index contributed by atoms with van der Waals surface area (Å²) >= 11 is 25.3. The lowest BCUT2D eigenvalue weighted by Gasteiger charge is -2.26. The first-order valence-electron chi connectivity index (χ1n) is 7.67. The smallest absolute Gasteiger partial charge is 0.252 e. The molecule has 0 heterocycles. The molecular weight excluding hydrogens is 533 g/mol. The van der Waals surface area contributed by atoms with Crippen LogP contribution < -0.4 is 11.3 Å². The number of rotatable bonds is 2. The van der Waals surface area contributed by atoms with E-state index in [1.165, 1.54) is 0 Å². The summed E-state index contributed by atoms with van der Waals surface area (Å²) in [7, 11) is 0. The molecule has 0 aromatic heterocycles. The molecule has 2 atom stereocenters. The SMILES string of the molecule is CC(C)(C)NN.Cl.O=C(Cl)C1C=CC=C(Cl)C1(Cl)Br.O=C(Cl)c1ccccc1. The minimum Gasteiger partial charge on any atom is -0.281 e. The van der Waals surface area contributed by atoms with Crippen LogP contribution in [0.2, 0.25) is 0 Å². The maximum absolute atomic E-state index is 10.9. The molecular formula is C18H22BrCl5N2O2. The fourth-order valence-electron chi connectivity index (χ4n) is 1.42. The zero-order valence-corrected chi connectivity index (χ0v) is 20.8. The fraction of sp³-hybridized carbons (Fsp3) is 0.333. The van der Waals surface area contributed by atoms with E-state index >= 15 is 0 Å². The van der Waals surface area contributed by atoms with Crippen molar-refractivity contribution in [3.8, 4) is 0 Å². The third-order valence-corrected chi connectivity index (χ3v) is 5.49. The number of hydrogen-bond donors (Lipinski definition) is 2. The van der Waals surface area contributed by atoms with Crippen LogP contribution in [0, 0.1) is 5.92 Å². The van der Waals surface area contributed by atoms with Gasteiger partial charge < -0.3 is 0 Å². The van der Waals surface area contributed by atoms with Crippen molar-refractivity contribution in [2.24, 2.45) is 11.8 Å².